The van der Waals surface area contributed by atoms with E-state index < -0.39 is 0 Å². The van der Waals surface area contributed by atoms with Gasteiger partial charge < -0.3 is 10.1 Å². The van der Waals surface area contributed by atoms with Gasteiger partial charge in [-0.3, -0.25) is 0 Å². The van der Waals surface area contributed by atoms with Gasteiger partial charge in [-0.05, 0) is 18.6 Å². The van der Waals surface area contributed by atoms with Gasteiger partial charge in [-0.2, -0.15) is 0 Å². The van der Waals surface area contributed by atoms with Gasteiger partial charge in [0, 0.05) is 25.4 Å². The standard InChI is InChI=1S/C12H15NO/c1-9-6-12(8-13-9)7-10-4-2-3-5-11(10)14-12/h2-5,9,13H,6-8H2,1H3/t9-,12-/m0/s1. The van der Waals surface area contributed by atoms with Gasteiger partial charge in [0.25, 0.3) is 0 Å². The first kappa shape index (κ1) is 8.30. The van der Waals surface area contributed by atoms with Crippen LogP contribution in [0.15, 0.2) is 24.3 Å². The molecule has 2 atom stereocenters. The van der Waals surface area contributed by atoms with Gasteiger partial charge in [-0.15, -0.1) is 0 Å². The van der Waals surface area contributed by atoms with Gasteiger partial charge in [-0.25, -0.2) is 0 Å². The number of benzene rings is 1. The highest BCUT2D eigenvalue weighted by atomic mass is 16.5. The number of hydrogen-bond donors (Lipinski definition) is 1. The molecule has 0 aromatic heterocycles. The third-order valence-electron chi connectivity index (χ3n) is 3.26. The van der Waals surface area contributed by atoms with Gasteiger partial charge in [0.2, 0.25) is 0 Å². The largest absolute Gasteiger partial charge is 0.485 e. The van der Waals surface area contributed by atoms with E-state index in [4.69, 9.17) is 4.74 Å². The third-order valence-corrected chi connectivity index (χ3v) is 3.26. The quantitative estimate of drug-likeness (QED) is 0.671. The zero-order valence-electron chi connectivity index (χ0n) is 8.42. The minimum absolute atomic E-state index is 0.0586. The summed E-state index contributed by atoms with van der Waals surface area (Å²) in [5.74, 6) is 1.09. The molecule has 0 radical (unpaired) electrons. The summed E-state index contributed by atoms with van der Waals surface area (Å²) in [7, 11) is 0. The number of nitrogens with one attached hydrogen (secondary N) is 1. The Morgan fingerprint density at radius 2 is 2.29 bits per heavy atom. The molecule has 1 N–H and O–H groups in total. The van der Waals surface area contributed by atoms with Crippen LogP contribution in [0.3, 0.4) is 0 Å². The minimum atomic E-state index is 0.0586. The van der Waals surface area contributed by atoms with Gasteiger partial charge >= 0.3 is 0 Å². The van der Waals surface area contributed by atoms with Crippen molar-refractivity contribution >= 4 is 0 Å². The van der Waals surface area contributed by atoms with Gasteiger partial charge in [0.05, 0.1) is 0 Å². The van der Waals surface area contributed by atoms with E-state index in [9.17, 15) is 0 Å². The summed E-state index contributed by atoms with van der Waals surface area (Å²) in [6.07, 6.45) is 2.20. The lowest BCUT2D eigenvalue weighted by molar-refractivity contribution is 0.115. The van der Waals surface area contributed by atoms with Crippen molar-refractivity contribution in [3.05, 3.63) is 29.8 Å². The Bertz CT molecular complexity index is 336. The van der Waals surface area contributed by atoms with Gasteiger partial charge in [0.1, 0.15) is 11.4 Å². The molecule has 2 nitrogen and oxygen atoms in total. The summed E-state index contributed by atoms with van der Waals surface area (Å²) in [6.45, 7) is 3.21. The summed E-state index contributed by atoms with van der Waals surface area (Å²) in [5.41, 5.74) is 1.42. The van der Waals surface area contributed by atoms with Crippen molar-refractivity contribution < 1.29 is 4.74 Å². The number of hydrogen-bond acceptors (Lipinski definition) is 2. The lowest BCUT2D eigenvalue weighted by Crippen LogP contribution is -2.36. The monoisotopic (exact) mass is 189 g/mol. The predicted molar refractivity (Wildman–Crippen MR) is 55.6 cm³/mol. The SMILES string of the molecule is C[C@H]1C[C@@]2(CN1)Cc1ccccc1O2. The second-order valence-corrected chi connectivity index (χ2v) is 4.56. The molecular formula is C12H15NO. The molecule has 2 heteroatoms. The minimum Gasteiger partial charge on any atom is -0.485 e. The van der Waals surface area contributed by atoms with Crippen LogP contribution in [-0.4, -0.2) is 18.2 Å². The Labute approximate surface area is 84.3 Å². The molecule has 74 valence electrons. The van der Waals surface area contributed by atoms with Crippen LogP contribution in [0, 0.1) is 0 Å². The lowest BCUT2D eigenvalue weighted by atomic mass is 9.95. The second-order valence-electron chi connectivity index (χ2n) is 4.56. The molecule has 1 aromatic carbocycles. The normalized spacial score (nSPS) is 34.5. The zero-order chi connectivity index (χ0) is 9.60. The molecule has 1 fully saturated rings. The van der Waals surface area contributed by atoms with Crippen LogP contribution < -0.4 is 10.1 Å². The summed E-state index contributed by atoms with van der Waals surface area (Å²) < 4.78 is 6.06. The first-order valence-electron chi connectivity index (χ1n) is 5.28. The molecule has 0 amide bonds. The average molecular weight is 189 g/mol. The van der Waals surface area contributed by atoms with Gasteiger partial charge in [0.15, 0.2) is 0 Å². The highest BCUT2D eigenvalue weighted by Gasteiger charge is 2.44. The van der Waals surface area contributed by atoms with Crippen molar-refractivity contribution in [2.24, 2.45) is 0 Å². The van der Waals surface area contributed by atoms with Crippen molar-refractivity contribution in [1.29, 1.82) is 0 Å². The van der Waals surface area contributed by atoms with Crippen LogP contribution in [0.2, 0.25) is 0 Å². The molecule has 3 rings (SSSR count). The highest BCUT2D eigenvalue weighted by molar-refractivity contribution is 5.39. The predicted octanol–water partition coefficient (Wildman–Crippen LogP) is 1.74. The van der Waals surface area contributed by atoms with E-state index in [2.05, 4.69) is 30.4 Å². The van der Waals surface area contributed by atoms with Gasteiger partial charge in [-0.1, -0.05) is 18.2 Å². The van der Waals surface area contributed by atoms with Crippen molar-refractivity contribution in [2.75, 3.05) is 6.54 Å². The molecule has 0 bridgehead atoms. The van der Waals surface area contributed by atoms with Crippen molar-refractivity contribution in [1.82, 2.24) is 5.32 Å². The molecular weight excluding hydrogens is 174 g/mol. The molecule has 0 unspecified atom stereocenters. The topological polar surface area (TPSA) is 21.3 Å². The molecule has 2 aliphatic heterocycles. The molecule has 1 spiro atoms. The molecule has 2 aliphatic rings. The fraction of sp³-hybridized carbons (Fsp3) is 0.500. The zero-order valence-corrected chi connectivity index (χ0v) is 8.42. The third kappa shape index (κ3) is 1.14. The fourth-order valence-corrected chi connectivity index (χ4v) is 2.64. The van der Waals surface area contributed by atoms with Crippen LogP contribution >= 0.6 is 0 Å². The Hall–Kier alpha value is -1.02. The second kappa shape index (κ2) is 2.74. The maximum atomic E-state index is 6.06. The Kier molecular flexibility index (Phi) is 1.62. The van der Waals surface area contributed by atoms with Crippen LogP contribution in [0.1, 0.15) is 18.9 Å². The smallest absolute Gasteiger partial charge is 0.127 e. The summed E-state index contributed by atoms with van der Waals surface area (Å²) in [5, 5.41) is 3.46. The number of fused-ring (bicyclic) bond motifs is 1. The maximum absolute atomic E-state index is 6.06. The van der Waals surface area contributed by atoms with E-state index in [1.54, 1.807) is 0 Å². The fourth-order valence-electron chi connectivity index (χ4n) is 2.64. The average Bonchev–Trinajstić information content (AvgIpc) is 2.69. The maximum Gasteiger partial charge on any atom is 0.127 e. The summed E-state index contributed by atoms with van der Waals surface area (Å²) in [4.78, 5) is 0. The van der Waals surface area contributed by atoms with E-state index in [1.165, 1.54) is 5.56 Å². The summed E-state index contributed by atoms with van der Waals surface area (Å²) in [6, 6.07) is 8.97. The lowest BCUT2D eigenvalue weighted by Gasteiger charge is -2.21. The van der Waals surface area contributed by atoms with E-state index in [-0.39, 0.29) is 5.60 Å². The van der Waals surface area contributed by atoms with Crippen LogP contribution in [-0.2, 0) is 6.42 Å². The van der Waals surface area contributed by atoms with Crippen LogP contribution in [0.25, 0.3) is 0 Å². The van der Waals surface area contributed by atoms with Crippen molar-refractivity contribution in [2.45, 2.75) is 31.4 Å². The molecule has 1 aromatic rings. The van der Waals surface area contributed by atoms with Crippen molar-refractivity contribution in [3.8, 4) is 5.75 Å². The molecule has 0 saturated carbocycles. The van der Waals surface area contributed by atoms with E-state index in [0.717, 1.165) is 25.1 Å². The molecule has 0 aliphatic carbocycles. The first-order valence-corrected chi connectivity index (χ1v) is 5.28. The summed E-state index contributed by atoms with van der Waals surface area (Å²) >= 11 is 0. The number of rotatable bonds is 0. The van der Waals surface area contributed by atoms with Crippen LogP contribution in [0.5, 0.6) is 5.75 Å². The Morgan fingerprint density at radius 3 is 3.00 bits per heavy atom. The number of para-hydroxylation sites is 1. The Morgan fingerprint density at radius 1 is 1.43 bits per heavy atom. The Balaban J connectivity index is 1.91. The number of ether oxygens (including phenoxy) is 1. The van der Waals surface area contributed by atoms with E-state index in [0.29, 0.717) is 6.04 Å². The van der Waals surface area contributed by atoms with E-state index in [1.807, 2.05) is 6.07 Å². The first-order chi connectivity index (χ1) is 6.77. The molecule has 14 heavy (non-hydrogen) atoms. The van der Waals surface area contributed by atoms with E-state index >= 15 is 0 Å². The highest BCUT2D eigenvalue weighted by Crippen LogP contribution is 2.39. The molecule has 2 heterocycles. The van der Waals surface area contributed by atoms with Crippen LogP contribution in [0.4, 0.5) is 0 Å². The molecule has 1 saturated heterocycles. The van der Waals surface area contributed by atoms with Crippen molar-refractivity contribution in [3.63, 3.8) is 0 Å².